The van der Waals surface area contributed by atoms with Crippen LogP contribution in [0.2, 0.25) is 0 Å². The lowest BCUT2D eigenvalue weighted by Crippen LogP contribution is -2.31. The van der Waals surface area contributed by atoms with Crippen LogP contribution in [0.1, 0.15) is 27.2 Å². The van der Waals surface area contributed by atoms with Crippen molar-refractivity contribution in [2.75, 3.05) is 12.4 Å². The van der Waals surface area contributed by atoms with Crippen LogP contribution < -0.4 is 5.32 Å². The highest BCUT2D eigenvalue weighted by Crippen LogP contribution is 2.24. The Bertz CT molecular complexity index is 520. The second kappa shape index (κ2) is 6.37. The van der Waals surface area contributed by atoms with E-state index in [9.17, 15) is 0 Å². The predicted octanol–water partition coefficient (Wildman–Crippen LogP) is 4.43. The summed E-state index contributed by atoms with van der Waals surface area (Å²) in [6.07, 6.45) is 2.79. The molecule has 1 heterocycles. The Kier molecular flexibility index (Phi) is 4.78. The van der Waals surface area contributed by atoms with Crippen LogP contribution in [0.5, 0.6) is 0 Å². The Morgan fingerprint density at radius 1 is 1.30 bits per heavy atom. The van der Waals surface area contributed by atoms with Gasteiger partial charge in [-0.2, -0.15) is 0 Å². The maximum atomic E-state index is 5.47. The first-order chi connectivity index (χ1) is 9.50. The molecular formula is C16H22N2OS. The normalized spacial score (nSPS) is 13.2. The van der Waals surface area contributed by atoms with Crippen molar-refractivity contribution < 1.29 is 4.74 Å². The largest absolute Gasteiger partial charge is 0.382 e. The number of thiazole rings is 1. The number of hydrogen-bond acceptors (Lipinski definition) is 4. The summed E-state index contributed by atoms with van der Waals surface area (Å²) >= 11 is 1.66. The Labute approximate surface area is 125 Å². The highest BCUT2D eigenvalue weighted by Gasteiger charge is 2.19. The topological polar surface area (TPSA) is 34.1 Å². The zero-order valence-corrected chi connectivity index (χ0v) is 13.3. The molecule has 0 amide bonds. The number of hydrogen-bond donors (Lipinski definition) is 1. The van der Waals surface area contributed by atoms with E-state index >= 15 is 0 Å². The Hall–Kier alpha value is -1.39. The molecule has 1 unspecified atom stereocenters. The first-order valence-electron chi connectivity index (χ1n) is 6.82. The van der Waals surface area contributed by atoms with E-state index in [2.05, 4.69) is 55.3 Å². The fourth-order valence-corrected chi connectivity index (χ4v) is 2.88. The van der Waals surface area contributed by atoms with E-state index in [1.165, 1.54) is 0 Å². The number of methoxy groups -OCH3 is 1. The number of nitrogens with one attached hydrogen (secondary N) is 1. The summed E-state index contributed by atoms with van der Waals surface area (Å²) in [7, 11) is 1.76. The molecule has 20 heavy (non-hydrogen) atoms. The molecular weight excluding hydrogens is 268 g/mol. The van der Waals surface area contributed by atoms with Gasteiger partial charge in [-0.05, 0) is 51.5 Å². The monoisotopic (exact) mass is 290 g/mol. The van der Waals surface area contributed by atoms with Gasteiger partial charge in [0.1, 0.15) is 5.01 Å². The first-order valence-corrected chi connectivity index (χ1v) is 7.70. The first kappa shape index (κ1) is 15.0. The Balaban J connectivity index is 1.97. The molecule has 4 heteroatoms. The van der Waals surface area contributed by atoms with Crippen molar-refractivity contribution in [1.82, 2.24) is 4.98 Å². The van der Waals surface area contributed by atoms with Crippen LogP contribution in [0.3, 0.4) is 0 Å². The summed E-state index contributed by atoms with van der Waals surface area (Å²) in [6.45, 7) is 6.39. The van der Waals surface area contributed by atoms with Crippen molar-refractivity contribution in [3.8, 4) is 10.6 Å². The van der Waals surface area contributed by atoms with Crippen LogP contribution in [0.25, 0.3) is 10.6 Å². The van der Waals surface area contributed by atoms with E-state index in [-0.39, 0.29) is 5.60 Å². The fourth-order valence-electron chi connectivity index (χ4n) is 2.23. The summed E-state index contributed by atoms with van der Waals surface area (Å²) in [6, 6.07) is 8.78. The van der Waals surface area contributed by atoms with Crippen LogP contribution in [-0.4, -0.2) is 23.7 Å². The highest BCUT2D eigenvalue weighted by molar-refractivity contribution is 7.13. The van der Waals surface area contributed by atoms with Crippen LogP contribution in [0, 0.1) is 0 Å². The lowest BCUT2D eigenvalue weighted by molar-refractivity contribution is 0.0128. The molecule has 108 valence electrons. The number of aromatic nitrogens is 1. The van der Waals surface area contributed by atoms with Gasteiger partial charge in [-0.1, -0.05) is 0 Å². The number of anilines is 1. The fraction of sp³-hybridized carbons (Fsp3) is 0.438. The molecule has 2 aromatic rings. The standard InChI is InChI=1S/C16H22N2OS/c1-12(11-16(2,3)19-4)18-14-7-5-13(6-8-14)15-17-9-10-20-15/h5-10,12,18H,11H2,1-4H3. The van der Waals surface area contributed by atoms with E-state index in [0.717, 1.165) is 22.7 Å². The van der Waals surface area contributed by atoms with E-state index in [4.69, 9.17) is 4.74 Å². The van der Waals surface area contributed by atoms with Gasteiger partial charge in [0.05, 0.1) is 5.60 Å². The van der Waals surface area contributed by atoms with Gasteiger partial charge in [0.2, 0.25) is 0 Å². The second-order valence-corrected chi connectivity index (χ2v) is 6.52. The minimum Gasteiger partial charge on any atom is -0.382 e. The predicted molar refractivity (Wildman–Crippen MR) is 86.3 cm³/mol. The summed E-state index contributed by atoms with van der Waals surface area (Å²) in [4.78, 5) is 4.32. The number of nitrogens with zero attached hydrogens (tertiary/aromatic N) is 1. The van der Waals surface area contributed by atoms with Gasteiger partial charge in [0.25, 0.3) is 0 Å². The second-order valence-electron chi connectivity index (χ2n) is 5.63. The number of benzene rings is 1. The van der Waals surface area contributed by atoms with Crippen molar-refractivity contribution in [3.63, 3.8) is 0 Å². The molecule has 3 nitrogen and oxygen atoms in total. The van der Waals surface area contributed by atoms with Crippen molar-refractivity contribution in [3.05, 3.63) is 35.8 Å². The molecule has 2 rings (SSSR count). The SMILES string of the molecule is COC(C)(C)CC(C)Nc1ccc(-c2nccs2)cc1. The molecule has 0 spiro atoms. The van der Waals surface area contributed by atoms with Crippen LogP contribution in [0.4, 0.5) is 5.69 Å². The van der Waals surface area contributed by atoms with Gasteiger partial charge in [-0.15, -0.1) is 11.3 Å². The zero-order chi connectivity index (χ0) is 14.6. The molecule has 1 aromatic heterocycles. The summed E-state index contributed by atoms with van der Waals surface area (Å²) in [5.41, 5.74) is 2.19. The van der Waals surface area contributed by atoms with Gasteiger partial charge < -0.3 is 10.1 Å². The highest BCUT2D eigenvalue weighted by atomic mass is 32.1. The summed E-state index contributed by atoms with van der Waals surface area (Å²) in [5.74, 6) is 0. The molecule has 0 fully saturated rings. The third-order valence-corrected chi connectivity index (χ3v) is 4.15. The molecule has 1 atom stereocenters. The molecule has 1 N–H and O–H groups in total. The van der Waals surface area contributed by atoms with Crippen LogP contribution in [0.15, 0.2) is 35.8 Å². The number of rotatable bonds is 6. The lowest BCUT2D eigenvalue weighted by atomic mass is 9.99. The molecule has 1 aromatic carbocycles. The minimum atomic E-state index is -0.104. The van der Waals surface area contributed by atoms with E-state index in [1.54, 1.807) is 18.4 Å². The van der Waals surface area contributed by atoms with Gasteiger partial charge >= 0.3 is 0 Å². The number of ether oxygens (including phenoxy) is 1. The average molecular weight is 290 g/mol. The minimum absolute atomic E-state index is 0.104. The van der Waals surface area contributed by atoms with Crippen LogP contribution >= 0.6 is 11.3 Å². The van der Waals surface area contributed by atoms with Gasteiger partial charge in [-0.25, -0.2) is 4.98 Å². The quantitative estimate of drug-likeness (QED) is 0.854. The summed E-state index contributed by atoms with van der Waals surface area (Å²) in [5, 5.41) is 6.56. The zero-order valence-electron chi connectivity index (χ0n) is 12.5. The molecule has 0 aliphatic heterocycles. The van der Waals surface area contributed by atoms with Crippen molar-refractivity contribution >= 4 is 17.0 Å². The molecule has 0 radical (unpaired) electrons. The van der Waals surface area contributed by atoms with Crippen molar-refractivity contribution in [1.29, 1.82) is 0 Å². The maximum absolute atomic E-state index is 5.47. The van der Waals surface area contributed by atoms with Gasteiger partial charge in [0, 0.05) is 36.0 Å². The van der Waals surface area contributed by atoms with Gasteiger partial charge in [-0.3, -0.25) is 0 Å². The summed E-state index contributed by atoms with van der Waals surface area (Å²) < 4.78 is 5.47. The van der Waals surface area contributed by atoms with E-state index in [0.29, 0.717) is 6.04 Å². The molecule has 0 bridgehead atoms. The molecule has 0 aliphatic carbocycles. The molecule has 0 saturated heterocycles. The van der Waals surface area contributed by atoms with E-state index in [1.807, 2.05) is 11.6 Å². The molecule has 0 saturated carbocycles. The average Bonchev–Trinajstić information content (AvgIpc) is 2.93. The maximum Gasteiger partial charge on any atom is 0.123 e. The lowest BCUT2D eigenvalue weighted by Gasteiger charge is -2.27. The van der Waals surface area contributed by atoms with Crippen molar-refractivity contribution in [2.45, 2.75) is 38.8 Å². The third kappa shape index (κ3) is 4.05. The van der Waals surface area contributed by atoms with Gasteiger partial charge in [0.15, 0.2) is 0 Å². The molecule has 0 aliphatic rings. The third-order valence-electron chi connectivity index (χ3n) is 3.33. The van der Waals surface area contributed by atoms with Crippen LogP contribution in [-0.2, 0) is 4.74 Å². The van der Waals surface area contributed by atoms with Crippen molar-refractivity contribution in [2.24, 2.45) is 0 Å². The van der Waals surface area contributed by atoms with E-state index < -0.39 is 0 Å². The smallest absolute Gasteiger partial charge is 0.123 e. The Morgan fingerprint density at radius 2 is 2.00 bits per heavy atom. The Morgan fingerprint density at radius 3 is 2.55 bits per heavy atom.